The molecule has 1 N–H and O–H groups in total. The summed E-state index contributed by atoms with van der Waals surface area (Å²) < 4.78 is 5.98. The Balaban J connectivity index is 1.80. The molecule has 0 heterocycles. The summed E-state index contributed by atoms with van der Waals surface area (Å²) in [6, 6.07) is 19.1. The first-order valence-electron chi connectivity index (χ1n) is 8.70. The standard InChI is InChI=1S/C23H17BrClNO3/c1-29-21-11-7-15(13-19(21)24)8-12-22(27)26-20-10-9-17(25)14-18(20)23(28)16-5-3-2-4-6-16/h2-14H,1H3,(H,26,27)/b12-8+. The van der Waals surface area contributed by atoms with Gasteiger partial charge >= 0.3 is 0 Å². The van der Waals surface area contributed by atoms with Gasteiger partial charge in [0.15, 0.2) is 5.78 Å². The van der Waals surface area contributed by atoms with E-state index in [1.165, 1.54) is 6.08 Å². The number of methoxy groups -OCH3 is 1. The lowest BCUT2D eigenvalue weighted by Crippen LogP contribution is -2.12. The molecular weight excluding hydrogens is 454 g/mol. The van der Waals surface area contributed by atoms with Crippen molar-refractivity contribution in [2.45, 2.75) is 0 Å². The average molecular weight is 471 g/mol. The van der Waals surface area contributed by atoms with Crippen LogP contribution in [0.25, 0.3) is 6.08 Å². The van der Waals surface area contributed by atoms with Gasteiger partial charge in [-0.05, 0) is 57.9 Å². The van der Waals surface area contributed by atoms with E-state index >= 15 is 0 Å². The normalized spacial score (nSPS) is 10.7. The zero-order chi connectivity index (χ0) is 20.8. The van der Waals surface area contributed by atoms with E-state index in [9.17, 15) is 9.59 Å². The van der Waals surface area contributed by atoms with Gasteiger partial charge in [-0.3, -0.25) is 9.59 Å². The summed E-state index contributed by atoms with van der Waals surface area (Å²) in [5, 5.41) is 3.17. The van der Waals surface area contributed by atoms with Crippen molar-refractivity contribution < 1.29 is 14.3 Å². The van der Waals surface area contributed by atoms with Gasteiger partial charge in [0, 0.05) is 22.2 Å². The summed E-state index contributed by atoms with van der Waals surface area (Å²) in [4.78, 5) is 25.2. The molecule has 3 aromatic rings. The van der Waals surface area contributed by atoms with Crippen LogP contribution in [0.2, 0.25) is 5.02 Å². The van der Waals surface area contributed by atoms with Gasteiger partial charge in [-0.1, -0.05) is 48.0 Å². The first kappa shape index (κ1) is 20.8. The van der Waals surface area contributed by atoms with Crippen molar-refractivity contribution in [1.82, 2.24) is 0 Å². The Bertz CT molecular complexity index is 1080. The van der Waals surface area contributed by atoms with Crippen molar-refractivity contribution in [3.05, 3.63) is 99.0 Å². The zero-order valence-electron chi connectivity index (χ0n) is 15.5. The number of carbonyl (C=O) groups excluding carboxylic acids is 2. The number of halogens is 2. The van der Waals surface area contributed by atoms with Crippen LogP contribution in [0.5, 0.6) is 5.75 Å². The van der Waals surface area contributed by atoms with Gasteiger partial charge in [0.1, 0.15) is 5.75 Å². The fourth-order valence-electron chi connectivity index (χ4n) is 2.69. The topological polar surface area (TPSA) is 55.4 Å². The summed E-state index contributed by atoms with van der Waals surface area (Å²) >= 11 is 9.49. The lowest BCUT2D eigenvalue weighted by atomic mass is 10.0. The number of amides is 1. The van der Waals surface area contributed by atoms with Gasteiger partial charge in [0.05, 0.1) is 17.3 Å². The van der Waals surface area contributed by atoms with E-state index in [-0.39, 0.29) is 11.7 Å². The predicted octanol–water partition coefficient (Wildman–Crippen LogP) is 5.99. The van der Waals surface area contributed by atoms with Gasteiger partial charge in [-0.2, -0.15) is 0 Å². The summed E-state index contributed by atoms with van der Waals surface area (Å²) in [5.74, 6) is 0.129. The van der Waals surface area contributed by atoms with Crippen molar-refractivity contribution in [3.8, 4) is 5.75 Å². The van der Waals surface area contributed by atoms with Gasteiger partial charge in [0.25, 0.3) is 0 Å². The fourth-order valence-corrected chi connectivity index (χ4v) is 3.42. The minimum Gasteiger partial charge on any atom is -0.496 e. The highest BCUT2D eigenvalue weighted by Crippen LogP contribution is 2.26. The van der Waals surface area contributed by atoms with E-state index in [1.54, 1.807) is 61.7 Å². The smallest absolute Gasteiger partial charge is 0.248 e. The van der Waals surface area contributed by atoms with Crippen LogP contribution in [0, 0.1) is 0 Å². The number of ether oxygens (including phenoxy) is 1. The Hall–Kier alpha value is -2.89. The first-order valence-corrected chi connectivity index (χ1v) is 9.87. The first-order chi connectivity index (χ1) is 14.0. The molecule has 6 heteroatoms. The van der Waals surface area contributed by atoms with E-state index < -0.39 is 0 Å². The van der Waals surface area contributed by atoms with Crippen molar-refractivity contribution in [1.29, 1.82) is 0 Å². The van der Waals surface area contributed by atoms with Crippen LogP contribution < -0.4 is 10.1 Å². The SMILES string of the molecule is COc1ccc(/C=C/C(=O)Nc2ccc(Cl)cc2C(=O)c2ccccc2)cc1Br. The van der Waals surface area contributed by atoms with Crippen molar-refractivity contribution in [3.63, 3.8) is 0 Å². The number of ketones is 1. The van der Waals surface area contributed by atoms with E-state index in [1.807, 2.05) is 18.2 Å². The minimum atomic E-state index is -0.360. The van der Waals surface area contributed by atoms with Crippen LogP contribution in [0.4, 0.5) is 5.69 Å². The molecule has 0 spiro atoms. The van der Waals surface area contributed by atoms with Crippen LogP contribution in [-0.2, 0) is 4.79 Å². The molecule has 29 heavy (non-hydrogen) atoms. The molecule has 0 aromatic heterocycles. The number of carbonyl (C=O) groups is 2. The third kappa shape index (κ3) is 5.34. The van der Waals surface area contributed by atoms with Gasteiger partial charge in [-0.25, -0.2) is 0 Å². The number of benzene rings is 3. The van der Waals surface area contributed by atoms with E-state index in [0.29, 0.717) is 27.6 Å². The van der Waals surface area contributed by atoms with Crippen LogP contribution in [0.15, 0.2) is 77.3 Å². The second-order valence-corrected chi connectivity index (χ2v) is 7.39. The summed E-state index contributed by atoms with van der Waals surface area (Å²) in [6.45, 7) is 0. The maximum atomic E-state index is 12.8. The minimum absolute atomic E-state index is 0.216. The van der Waals surface area contributed by atoms with Gasteiger partial charge in [0.2, 0.25) is 5.91 Å². The highest BCUT2D eigenvalue weighted by atomic mass is 79.9. The lowest BCUT2D eigenvalue weighted by molar-refractivity contribution is -0.111. The Morgan fingerprint density at radius 3 is 2.48 bits per heavy atom. The zero-order valence-corrected chi connectivity index (χ0v) is 17.8. The molecule has 0 atom stereocenters. The molecule has 0 aliphatic rings. The van der Waals surface area contributed by atoms with Crippen molar-refractivity contribution in [2.75, 3.05) is 12.4 Å². The third-order valence-electron chi connectivity index (χ3n) is 4.12. The second kappa shape index (κ2) is 9.54. The molecule has 3 rings (SSSR count). The summed E-state index contributed by atoms with van der Waals surface area (Å²) in [5.41, 5.74) is 2.07. The second-order valence-electron chi connectivity index (χ2n) is 6.10. The molecule has 0 aliphatic carbocycles. The van der Waals surface area contributed by atoms with E-state index in [4.69, 9.17) is 16.3 Å². The Kier molecular flexibility index (Phi) is 6.86. The van der Waals surface area contributed by atoms with Crippen LogP contribution in [0.1, 0.15) is 21.5 Å². The predicted molar refractivity (Wildman–Crippen MR) is 120 cm³/mol. The lowest BCUT2D eigenvalue weighted by Gasteiger charge is -2.10. The highest BCUT2D eigenvalue weighted by Gasteiger charge is 2.15. The molecule has 0 fully saturated rings. The third-order valence-corrected chi connectivity index (χ3v) is 4.98. The Morgan fingerprint density at radius 2 is 1.79 bits per heavy atom. The van der Waals surface area contributed by atoms with Crippen LogP contribution in [0.3, 0.4) is 0 Å². The number of rotatable bonds is 6. The highest BCUT2D eigenvalue weighted by molar-refractivity contribution is 9.10. The van der Waals surface area contributed by atoms with Crippen LogP contribution >= 0.6 is 27.5 Å². The summed E-state index contributed by atoms with van der Waals surface area (Å²) in [6.07, 6.45) is 3.08. The molecule has 3 aromatic carbocycles. The summed E-state index contributed by atoms with van der Waals surface area (Å²) in [7, 11) is 1.59. The molecular formula is C23H17BrClNO3. The maximum absolute atomic E-state index is 12.8. The fraction of sp³-hybridized carbons (Fsp3) is 0.0435. The number of nitrogens with one attached hydrogen (secondary N) is 1. The molecule has 0 saturated heterocycles. The monoisotopic (exact) mass is 469 g/mol. The van der Waals surface area contributed by atoms with Crippen molar-refractivity contribution in [2.24, 2.45) is 0 Å². The van der Waals surface area contributed by atoms with E-state index in [2.05, 4.69) is 21.2 Å². The van der Waals surface area contributed by atoms with Crippen molar-refractivity contribution >= 4 is 51.0 Å². The molecule has 4 nitrogen and oxygen atoms in total. The molecule has 0 bridgehead atoms. The largest absolute Gasteiger partial charge is 0.496 e. The average Bonchev–Trinajstić information content (AvgIpc) is 2.73. The Labute approximate surface area is 182 Å². The quantitative estimate of drug-likeness (QED) is 0.355. The Morgan fingerprint density at radius 1 is 1.03 bits per heavy atom. The van der Waals surface area contributed by atoms with Gasteiger partial charge < -0.3 is 10.1 Å². The van der Waals surface area contributed by atoms with E-state index in [0.717, 1.165) is 10.0 Å². The molecule has 0 unspecified atom stereocenters. The molecule has 1 amide bonds. The molecule has 0 radical (unpaired) electrons. The number of anilines is 1. The van der Waals surface area contributed by atoms with Crippen LogP contribution in [-0.4, -0.2) is 18.8 Å². The molecule has 146 valence electrons. The number of hydrogen-bond donors (Lipinski definition) is 1. The molecule has 0 saturated carbocycles. The number of hydrogen-bond acceptors (Lipinski definition) is 3. The van der Waals surface area contributed by atoms with Gasteiger partial charge in [-0.15, -0.1) is 0 Å². The maximum Gasteiger partial charge on any atom is 0.248 e. The molecule has 0 aliphatic heterocycles.